The Hall–Kier alpha value is -1.87. The van der Waals surface area contributed by atoms with Gasteiger partial charge < -0.3 is 10.5 Å². The van der Waals surface area contributed by atoms with Crippen molar-refractivity contribution in [2.75, 3.05) is 7.11 Å². The van der Waals surface area contributed by atoms with Crippen LogP contribution in [0.5, 0.6) is 5.75 Å². The van der Waals surface area contributed by atoms with Crippen molar-refractivity contribution in [1.29, 1.82) is 0 Å². The van der Waals surface area contributed by atoms with E-state index in [4.69, 9.17) is 10.5 Å². The van der Waals surface area contributed by atoms with Gasteiger partial charge in [-0.1, -0.05) is 26.7 Å². The zero-order chi connectivity index (χ0) is 15.9. The summed E-state index contributed by atoms with van der Waals surface area (Å²) in [5, 5.41) is 0. The average molecular weight is 298 g/mol. The van der Waals surface area contributed by atoms with E-state index in [-0.39, 0.29) is 0 Å². The number of ether oxygens (including phenoxy) is 1. The number of aromatic nitrogens is 1. The van der Waals surface area contributed by atoms with Crippen molar-refractivity contribution >= 4 is 0 Å². The van der Waals surface area contributed by atoms with E-state index in [2.05, 4.69) is 37.0 Å². The molecule has 3 nitrogen and oxygen atoms in total. The van der Waals surface area contributed by atoms with Gasteiger partial charge >= 0.3 is 0 Å². The summed E-state index contributed by atoms with van der Waals surface area (Å²) in [4.78, 5) is 4.50. The zero-order valence-electron chi connectivity index (χ0n) is 13.9. The van der Waals surface area contributed by atoms with E-state index < -0.39 is 0 Å². The van der Waals surface area contributed by atoms with Crippen LogP contribution in [0.2, 0.25) is 0 Å². The van der Waals surface area contributed by atoms with Crippen LogP contribution in [0.1, 0.15) is 43.4 Å². The Morgan fingerprint density at radius 3 is 2.50 bits per heavy atom. The van der Waals surface area contributed by atoms with Gasteiger partial charge in [-0.3, -0.25) is 4.98 Å². The van der Waals surface area contributed by atoms with Gasteiger partial charge in [-0.25, -0.2) is 0 Å². The molecule has 0 spiro atoms. The lowest BCUT2D eigenvalue weighted by atomic mass is 9.94. The summed E-state index contributed by atoms with van der Waals surface area (Å²) < 4.78 is 5.65. The lowest BCUT2D eigenvalue weighted by Gasteiger charge is -2.16. The number of nitrogens with zero attached hydrogens (tertiary/aromatic N) is 1. The van der Waals surface area contributed by atoms with Gasteiger partial charge in [0.15, 0.2) is 0 Å². The lowest BCUT2D eigenvalue weighted by molar-refractivity contribution is 0.408. The van der Waals surface area contributed by atoms with E-state index in [1.165, 1.54) is 11.1 Å². The minimum atomic E-state index is 0.530. The molecule has 0 saturated heterocycles. The van der Waals surface area contributed by atoms with Crippen LogP contribution in [0.25, 0.3) is 11.3 Å². The molecule has 2 rings (SSSR count). The maximum Gasteiger partial charge on any atom is 0.122 e. The number of hydrogen-bond acceptors (Lipinski definition) is 3. The van der Waals surface area contributed by atoms with Gasteiger partial charge in [-0.2, -0.15) is 0 Å². The lowest BCUT2D eigenvalue weighted by Crippen LogP contribution is -2.01. The summed E-state index contributed by atoms with van der Waals surface area (Å²) in [6.07, 6.45) is 6.18. The van der Waals surface area contributed by atoms with Crippen LogP contribution in [0.15, 0.2) is 30.5 Å². The third kappa shape index (κ3) is 3.66. The van der Waals surface area contributed by atoms with Crippen molar-refractivity contribution in [3.05, 3.63) is 47.2 Å². The summed E-state index contributed by atoms with van der Waals surface area (Å²) >= 11 is 0. The molecule has 1 aromatic carbocycles. The number of methoxy groups -OCH3 is 1. The maximum atomic E-state index is 5.74. The summed E-state index contributed by atoms with van der Waals surface area (Å²) in [6.45, 7) is 4.94. The smallest absolute Gasteiger partial charge is 0.122 e. The fourth-order valence-corrected chi connectivity index (χ4v) is 2.82. The maximum absolute atomic E-state index is 5.74. The van der Waals surface area contributed by atoms with Crippen LogP contribution in [-0.4, -0.2) is 12.1 Å². The number of benzene rings is 1. The topological polar surface area (TPSA) is 48.1 Å². The number of aryl methyl sites for hydroxylation is 1. The monoisotopic (exact) mass is 298 g/mol. The van der Waals surface area contributed by atoms with Crippen molar-refractivity contribution in [2.45, 2.75) is 46.1 Å². The molecule has 0 fully saturated rings. The fourth-order valence-electron chi connectivity index (χ4n) is 2.82. The third-order valence-corrected chi connectivity index (χ3v) is 3.90. The second kappa shape index (κ2) is 7.95. The van der Waals surface area contributed by atoms with Crippen LogP contribution in [0.4, 0.5) is 0 Å². The highest BCUT2D eigenvalue weighted by Gasteiger charge is 2.12. The van der Waals surface area contributed by atoms with Crippen molar-refractivity contribution in [1.82, 2.24) is 4.98 Å². The molecule has 1 heterocycles. The molecule has 0 bridgehead atoms. The van der Waals surface area contributed by atoms with Gasteiger partial charge in [-0.15, -0.1) is 0 Å². The van der Waals surface area contributed by atoms with E-state index >= 15 is 0 Å². The second-order valence-electron chi connectivity index (χ2n) is 5.57. The molecule has 0 aliphatic rings. The summed E-state index contributed by atoms with van der Waals surface area (Å²) in [5.74, 6) is 0.975. The van der Waals surface area contributed by atoms with Gasteiger partial charge in [0.2, 0.25) is 0 Å². The Morgan fingerprint density at radius 2 is 1.86 bits per heavy atom. The van der Waals surface area contributed by atoms with Gasteiger partial charge in [0.1, 0.15) is 5.75 Å². The second-order valence-corrected chi connectivity index (χ2v) is 5.57. The molecule has 0 radical (unpaired) electrons. The summed E-state index contributed by atoms with van der Waals surface area (Å²) in [7, 11) is 1.75. The average Bonchev–Trinajstić information content (AvgIpc) is 2.56. The van der Waals surface area contributed by atoms with Crippen LogP contribution in [-0.2, 0) is 19.4 Å². The molecule has 0 aliphatic carbocycles. The van der Waals surface area contributed by atoms with Gasteiger partial charge in [0.05, 0.1) is 12.8 Å². The van der Waals surface area contributed by atoms with Crippen LogP contribution < -0.4 is 10.5 Å². The quantitative estimate of drug-likeness (QED) is 0.836. The van der Waals surface area contributed by atoms with E-state index in [0.717, 1.165) is 48.3 Å². The van der Waals surface area contributed by atoms with Gasteiger partial charge in [-0.05, 0) is 53.8 Å². The minimum Gasteiger partial charge on any atom is -0.496 e. The highest BCUT2D eigenvalue weighted by atomic mass is 16.5. The highest BCUT2D eigenvalue weighted by Crippen LogP contribution is 2.31. The Balaban J connectivity index is 2.53. The molecule has 2 aromatic rings. The van der Waals surface area contributed by atoms with Crippen LogP contribution in [0.3, 0.4) is 0 Å². The number of hydrogen-bond donors (Lipinski definition) is 1. The molecule has 0 saturated carbocycles. The van der Waals surface area contributed by atoms with Crippen molar-refractivity contribution < 1.29 is 4.74 Å². The molecule has 0 amide bonds. The highest BCUT2D eigenvalue weighted by molar-refractivity contribution is 5.65. The third-order valence-electron chi connectivity index (χ3n) is 3.90. The molecule has 3 heteroatoms. The van der Waals surface area contributed by atoms with Crippen molar-refractivity contribution in [3.63, 3.8) is 0 Å². The molecule has 22 heavy (non-hydrogen) atoms. The normalized spacial score (nSPS) is 10.7. The first kappa shape index (κ1) is 16.5. The zero-order valence-corrected chi connectivity index (χ0v) is 13.9. The largest absolute Gasteiger partial charge is 0.496 e. The first-order chi connectivity index (χ1) is 10.7. The van der Waals surface area contributed by atoms with E-state index in [0.29, 0.717) is 6.54 Å². The molecule has 0 unspecified atom stereocenters. The van der Waals surface area contributed by atoms with Gasteiger partial charge in [0, 0.05) is 18.3 Å². The fraction of sp³-hybridized carbons (Fsp3) is 0.421. The summed E-state index contributed by atoms with van der Waals surface area (Å²) in [6, 6.07) is 8.38. The Bertz CT molecular complexity index is 623. The Labute approximate surface area is 133 Å². The van der Waals surface area contributed by atoms with Crippen molar-refractivity contribution in [2.24, 2.45) is 5.73 Å². The molecular formula is C19H26N2O. The molecule has 1 aromatic heterocycles. The molecular weight excluding hydrogens is 272 g/mol. The first-order valence-corrected chi connectivity index (χ1v) is 8.08. The van der Waals surface area contributed by atoms with E-state index in [9.17, 15) is 0 Å². The SMILES string of the molecule is CCCc1cc(-c2cc(CN)ccn2)cc(OC)c1CCC. The predicted octanol–water partition coefficient (Wildman–Crippen LogP) is 4.12. The molecule has 0 atom stereocenters. The van der Waals surface area contributed by atoms with E-state index in [1.807, 2.05) is 12.3 Å². The standard InChI is InChI=1S/C19H26N2O/c1-4-6-15-11-16(12-19(22-3)17(15)7-5-2)18-10-14(13-20)8-9-21-18/h8-12H,4-7,13,20H2,1-3H3. The first-order valence-electron chi connectivity index (χ1n) is 8.08. The van der Waals surface area contributed by atoms with Crippen LogP contribution in [0, 0.1) is 0 Å². The summed E-state index contributed by atoms with van der Waals surface area (Å²) in [5.41, 5.74) is 11.6. The van der Waals surface area contributed by atoms with Gasteiger partial charge in [0.25, 0.3) is 0 Å². The number of pyridine rings is 1. The molecule has 0 aliphatic heterocycles. The Morgan fingerprint density at radius 1 is 1.09 bits per heavy atom. The molecule has 2 N–H and O–H groups in total. The van der Waals surface area contributed by atoms with E-state index in [1.54, 1.807) is 7.11 Å². The van der Waals surface area contributed by atoms with Crippen molar-refractivity contribution in [3.8, 4) is 17.0 Å². The molecule has 118 valence electrons. The minimum absolute atomic E-state index is 0.530. The number of rotatable bonds is 7. The number of nitrogens with two attached hydrogens (primary N) is 1. The van der Waals surface area contributed by atoms with Crippen LogP contribution >= 0.6 is 0 Å². The predicted molar refractivity (Wildman–Crippen MR) is 92.1 cm³/mol. The Kier molecular flexibility index (Phi) is 5.96.